The average molecular weight is 1190 g/mol. The van der Waals surface area contributed by atoms with E-state index in [1.807, 2.05) is 19.9 Å². The highest BCUT2D eigenvalue weighted by Crippen LogP contribution is 2.41. The maximum Gasteiger partial charge on any atom is 0.404 e. The first-order valence-corrected chi connectivity index (χ1v) is 26.1. The highest BCUT2D eigenvalue weighted by molar-refractivity contribution is 6.06. The summed E-state index contributed by atoms with van der Waals surface area (Å²) in [5.74, 6) is -2.38. The largest absolute Gasteiger partial charge is 0.508 e. The third-order valence-electron chi connectivity index (χ3n) is 14.8. The van der Waals surface area contributed by atoms with Gasteiger partial charge < -0.3 is 132 Å². The smallest absolute Gasteiger partial charge is 0.404 e. The van der Waals surface area contributed by atoms with Gasteiger partial charge in [-0.25, -0.2) is 9.59 Å². The van der Waals surface area contributed by atoms with Gasteiger partial charge >= 0.3 is 11.7 Å². The molecule has 0 radical (unpaired) electrons. The van der Waals surface area contributed by atoms with Gasteiger partial charge in [-0.3, -0.25) is 20.4 Å². The number of aromatic hydroxyl groups is 2. The Labute approximate surface area is 479 Å². The zero-order chi connectivity index (χ0) is 62.6. The number of hydrogen-bond acceptors (Lipinski definition) is 26. The van der Waals surface area contributed by atoms with Crippen LogP contribution in [0.15, 0.2) is 51.2 Å². The number of likely N-dealkylation sites (N-methyl/N-ethyl adjacent to an activating group) is 1. The second-order valence-electron chi connectivity index (χ2n) is 21.2. The number of carbonyl (C=O) groups is 3. The summed E-state index contributed by atoms with van der Waals surface area (Å²) in [6, 6.07) is 3.16. The number of aryl methyl sites for hydroxylation is 1. The van der Waals surface area contributed by atoms with Gasteiger partial charge in [-0.1, -0.05) is 11.6 Å². The Hall–Kier alpha value is -6.86. The second kappa shape index (κ2) is 27.0. The SMILES string of the molecule is CN[C@@H]1[C@H](O[C@H]2[C@H](O[C@H]3[C@H](O)[C@@H](O)[C@H](NC(=N)N)[C@@H](O)[C@@H]3NC(=N)N)O[C@@H](C)[C@]2(O)C=O)O[C@@H](CO)[C@H](O)[C@H]1O.CO[C@@H]1[C@@H](OC(N)=O)[C@@H](O)[C@H](Oc2ccc3c(O)c(NC(=O)c4ccc(O)c(CC=C(C)C)c4)c(=O)oc3c2C)OC1(C)C. The van der Waals surface area contributed by atoms with E-state index >= 15 is 0 Å². The number of fused-ring (bicyclic) bond motifs is 1. The number of nitrogens with two attached hydrogens (primary N) is 3. The number of anilines is 1. The Morgan fingerprint density at radius 3 is 2.05 bits per heavy atom. The molecule has 4 aliphatic rings. The Morgan fingerprint density at radius 1 is 0.821 bits per heavy atom. The number of hydrogen-bond donors (Lipinski definition) is 19. The third-order valence-corrected chi connectivity index (χ3v) is 14.8. The van der Waals surface area contributed by atoms with Gasteiger partial charge in [0.25, 0.3) is 5.91 Å². The molecule has 3 aromatic rings. The number of aldehydes is 1. The third kappa shape index (κ3) is 13.9. The van der Waals surface area contributed by atoms with Crippen LogP contribution in [0.4, 0.5) is 10.5 Å². The summed E-state index contributed by atoms with van der Waals surface area (Å²) in [6.45, 7) is 9.30. The van der Waals surface area contributed by atoms with E-state index in [1.54, 1.807) is 20.8 Å². The fourth-order valence-corrected chi connectivity index (χ4v) is 10.2. The first-order chi connectivity index (χ1) is 39.3. The van der Waals surface area contributed by atoms with Crippen LogP contribution in [-0.2, 0) is 44.4 Å². The van der Waals surface area contributed by atoms with Crippen molar-refractivity contribution in [2.75, 3.05) is 26.1 Å². The van der Waals surface area contributed by atoms with Gasteiger partial charge in [0, 0.05) is 18.2 Å². The monoisotopic (exact) mass is 1190 g/mol. The fraction of sp³-hybridized carbons (Fsp3) is 0.577. The van der Waals surface area contributed by atoms with Crippen molar-refractivity contribution in [2.24, 2.45) is 17.2 Å². The second-order valence-corrected chi connectivity index (χ2v) is 21.2. The molecule has 7 rings (SSSR count). The van der Waals surface area contributed by atoms with Gasteiger partial charge in [0.15, 0.2) is 60.0 Å². The summed E-state index contributed by atoms with van der Waals surface area (Å²) in [4.78, 5) is 49.5. The summed E-state index contributed by atoms with van der Waals surface area (Å²) in [6.07, 6.45) is -21.1. The van der Waals surface area contributed by atoms with Crippen molar-refractivity contribution in [3.63, 3.8) is 0 Å². The number of phenols is 1. The molecule has 22 N–H and O–H groups in total. The van der Waals surface area contributed by atoms with Gasteiger partial charge in [0.2, 0.25) is 6.29 Å². The van der Waals surface area contributed by atoms with Crippen LogP contribution in [0.25, 0.3) is 11.0 Å². The molecule has 2 amide bonds. The molecule has 1 saturated carbocycles. The van der Waals surface area contributed by atoms with Crippen LogP contribution in [0.5, 0.6) is 17.2 Å². The lowest BCUT2D eigenvalue weighted by Gasteiger charge is -2.47. The summed E-state index contributed by atoms with van der Waals surface area (Å²) < 4.78 is 50.8. The fourth-order valence-electron chi connectivity index (χ4n) is 10.2. The van der Waals surface area contributed by atoms with Crippen LogP contribution < -0.4 is 48.8 Å². The quantitative estimate of drug-likeness (QED) is 0.0201. The van der Waals surface area contributed by atoms with E-state index in [0.29, 0.717) is 12.0 Å². The maximum atomic E-state index is 13.0. The van der Waals surface area contributed by atoms with E-state index in [9.17, 15) is 70.2 Å². The molecule has 1 aliphatic carbocycles. The van der Waals surface area contributed by atoms with Gasteiger partial charge in [-0.2, -0.15) is 0 Å². The lowest BCUT2D eigenvalue weighted by molar-refractivity contribution is -0.314. The molecule has 2 aromatic carbocycles. The molecule has 4 fully saturated rings. The van der Waals surface area contributed by atoms with Crippen LogP contribution in [0.2, 0.25) is 0 Å². The molecule has 0 spiro atoms. The van der Waals surface area contributed by atoms with E-state index in [1.165, 1.54) is 51.4 Å². The molecule has 32 nitrogen and oxygen atoms in total. The molecular formula is C52H75N9O23. The maximum absolute atomic E-state index is 13.0. The van der Waals surface area contributed by atoms with Crippen molar-refractivity contribution in [1.82, 2.24) is 16.0 Å². The molecule has 3 saturated heterocycles. The molecule has 1 aromatic heterocycles. The molecule has 0 bridgehead atoms. The molecule has 4 heterocycles. The molecule has 19 atom stereocenters. The summed E-state index contributed by atoms with van der Waals surface area (Å²) in [7, 11) is 2.78. The highest BCUT2D eigenvalue weighted by atomic mass is 16.8. The normalized spacial score (nSPS) is 33.6. The number of aliphatic hydroxyl groups excluding tert-OH is 7. The summed E-state index contributed by atoms with van der Waals surface area (Å²) >= 11 is 0. The zero-order valence-electron chi connectivity index (χ0n) is 46.9. The average Bonchev–Trinajstić information content (AvgIpc) is 1.76. The van der Waals surface area contributed by atoms with E-state index in [0.717, 1.165) is 5.57 Å². The number of rotatable bonds is 17. The van der Waals surface area contributed by atoms with Crippen molar-refractivity contribution in [2.45, 2.75) is 169 Å². The van der Waals surface area contributed by atoms with Gasteiger partial charge in [-0.15, -0.1) is 0 Å². The number of methoxy groups -OCH3 is 1. The van der Waals surface area contributed by atoms with Gasteiger partial charge in [0.1, 0.15) is 65.9 Å². The lowest BCUT2D eigenvalue weighted by Crippen LogP contribution is -2.73. The molecule has 0 unspecified atom stereocenters. The highest BCUT2D eigenvalue weighted by Gasteiger charge is 2.61. The Balaban J connectivity index is 0.000000271. The number of ether oxygens (including phenoxy) is 8. The standard InChI is InChI=1S/C31H36N2O11.C21H39N7O12/c1-14(2)7-8-16-13-17(9-11-19(16)34)27(37)33-21-22(35)18-10-12-20(15(3)24(18)42-28(21)38)41-29-23(36)25(43-30(32)39)26(40-6)31(4,5)44-29;1-5-21(36,4-30)16(40-17-9(26-2)13(34)10(31)6(3-29)38-17)18(37-5)39-15-8(28-20(24)25)11(32)7(27-19(22)23)12(33)14(15)35/h7,9-13,23,25-26,29,34-36H,8H2,1-6H3,(H2,32,39)(H,33,37);4-18,26,29,31-36H,3H2,1-2H3,(H4,22,23,27)(H4,24,25,28)/t23-,25+,26-,29-;5-,6-,7+,8-,9-,10-,11+,12-,13-,14+,15+,16-,17-,18-,21+/m10/s1. The molecule has 84 heavy (non-hydrogen) atoms. The van der Waals surface area contributed by atoms with Crippen LogP contribution >= 0.6 is 0 Å². The first-order valence-electron chi connectivity index (χ1n) is 26.1. The van der Waals surface area contributed by atoms with Crippen molar-refractivity contribution in [3.8, 4) is 17.2 Å². The molecule has 3 aliphatic heterocycles. The Kier molecular flexibility index (Phi) is 21.3. The molecular weight excluding hydrogens is 1120 g/mol. The van der Waals surface area contributed by atoms with Gasteiger partial charge in [-0.05, 0) is 90.9 Å². The minimum atomic E-state index is -2.39. The number of guanidine groups is 2. The predicted molar refractivity (Wildman–Crippen MR) is 290 cm³/mol. The number of carbonyl (C=O) groups excluding carboxylic acids is 3. The Bertz CT molecular complexity index is 2970. The number of benzene rings is 2. The summed E-state index contributed by atoms with van der Waals surface area (Å²) in [5.41, 5.74) is 12.9. The molecule has 32 heteroatoms. The minimum Gasteiger partial charge on any atom is -0.508 e. The number of amides is 2. The van der Waals surface area contributed by atoms with Crippen LogP contribution in [-0.4, -0.2) is 223 Å². The van der Waals surface area contributed by atoms with Crippen molar-refractivity contribution >= 4 is 46.9 Å². The topological polar surface area (TPSA) is 531 Å². The molecule has 466 valence electrons. The van der Waals surface area contributed by atoms with Gasteiger partial charge in [0.05, 0.1) is 47.9 Å². The number of phenolic OH excluding ortho intramolecular Hbond substituents is 1. The van der Waals surface area contributed by atoms with E-state index in [4.69, 9.17) is 70.3 Å². The number of aliphatic hydroxyl groups is 8. The predicted octanol–water partition coefficient (Wildman–Crippen LogP) is -4.11. The number of nitrogens with one attached hydrogen (secondary N) is 6. The van der Waals surface area contributed by atoms with Crippen molar-refractivity contribution in [3.05, 3.63) is 69.1 Å². The minimum absolute atomic E-state index is 0.0183. The zero-order valence-corrected chi connectivity index (χ0v) is 46.9. The Morgan fingerprint density at radius 2 is 1.46 bits per heavy atom. The van der Waals surface area contributed by atoms with Crippen LogP contribution in [0.1, 0.15) is 56.1 Å². The number of primary amides is 1. The number of allylic oxidation sites excluding steroid dienone is 2. The first kappa shape index (κ1) is 66.3. The van der Waals surface area contributed by atoms with Crippen LogP contribution in [0.3, 0.4) is 0 Å². The van der Waals surface area contributed by atoms with E-state index in [2.05, 4.69) is 21.3 Å². The summed E-state index contributed by atoms with van der Waals surface area (Å²) in [5, 5.41) is 131. The van der Waals surface area contributed by atoms with Crippen molar-refractivity contribution < 1.29 is 108 Å². The van der Waals surface area contributed by atoms with E-state index < -0.39 is 169 Å². The lowest BCUT2D eigenvalue weighted by atomic mass is 9.81. The van der Waals surface area contributed by atoms with Crippen molar-refractivity contribution in [1.29, 1.82) is 10.8 Å². The van der Waals surface area contributed by atoms with Crippen LogP contribution in [0, 0.1) is 17.7 Å². The van der Waals surface area contributed by atoms with E-state index in [-0.39, 0.29) is 39.9 Å².